The molecule has 0 saturated carbocycles. The summed E-state index contributed by atoms with van der Waals surface area (Å²) in [6.07, 6.45) is 2.20. The van der Waals surface area contributed by atoms with E-state index in [1.807, 2.05) is 25.1 Å². The monoisotopic (exact) mass is 462 g/mol. The first kappa shape index (κ1) is 22.2. The van der Waals surface area contributed by atoms with E-state index in [1.54, 1.807) is 7.05 Å². The van der Waals surface area contributed by atoms with Gasteiger partial charge in [-0.15, -0.1) is 0 Å². The third-order valence-electron chi connectivity index (χ3n) is 5.95. The van der Waals surface area contributed by atoms with Crippen LogP contribution < -0.4 is 20.5 Å². The van der Waals surface area contributed by atoms with E-state index in [-0.39, 0.29) is 48.3 Å². The Bertz CT molecular complexity index is 1150. The van der Waals surface area contributed by atoms with Gasteiger partial charge in [0.2, 0.25) is 22.7 Å². The molecule has 0 aliphatic carbocycles. The quantitative estimate of drug-likeness (QED) is 0.661. The number of nitrogens with two attached hydrogens (primary N) is 1. The molecule has 2 aromatic rings. The van der Waals surface area contributed by atoms with E-state index < -0.39 is 15.9 Å². The van der Waals surface area contributed by atoms with Gasteiger partial charge >= 0.3 is 0 Å². The second kappa shape index (κ2) is 8.47. The Morgan fingerprint density at radius 3 is 2.50 bits per heavy atom. The van der Waals surface area contributed by atoms with Crippen LogP contribution in [0.1, 0.15) is 41.9 Å². The number of primary amides is 1. The molecule has 1 unspecified atom stereocenters. The highest BCUT2D eigenvalue weighted by molar-refractivity contribution is 7.89. The summed E-state index contributed by atoms with van der Waals surface area (Å²) in [5.74, 6) is 0.253. The average molecular weight is 463 g/mol. The summed E-state index contributed by atoms with van der Waals surface area (Å²) in [6.45, 7) is 2.52. The van der Waals surface area contributed by atoms with E-state index in [0.29, 0.717) is 24.3 Å². The number of fused-ring (bicyclic) bond motifs is 1. The fourth-order valence-corrected chi connectivity index (χ4v) is 5.57. The lowest BCUT2D eigenvalue weighted by Gasteiger charge is -2.31. The van der Waals surface area contributed by atoms with E-state index >= 15 is 0 Å². The predicted octanol–water partition coefficient (Wildman–Crippen LogP) is 1.13. The number of nitrogens with one attached hydrogen (secondary N) is 1. The number of aryl methyl sites for hydroxylation is 1. The molecular weight excluding hydrogens is 436 g/mol. The maximum atomic E-state index is 12.9. The van der Waals surface area contributed by atoms with Crippen LogP contribution in [0.5, 0.6) is 11.5 Å². The van der Waals surface area contributed by atoms with E-state index in [2.05, 4.69) is 5.32 Å². The zero-order valence-electron chi connectivity index (χ0n) is 17.9. The van der Waals surface area contributed by atoms with Gasteiger partial charge in [0, 0.05) is 32.3 Å². The highest BCUT2D eigenvalue weighted by Crippen LogP contribution is 2.34. The Hall–Kier alpha value is -3.05. The summed E-state index contributed by atoms with van der Waals surface area (Å²) in [4.78, 5) is 24.2. The Morgan fingerprint density at radius 2 is 1.84 bits per heavy atom. The van der Waals surface area contributed by atoms with Crippen molar-refractivity contribution in [2.45, 2.75) is 30.7 Å². The number of rotatable bonds is 6. The molecule has 0 radical (unpaired) electrons. The van der Waals surface area contributed by atoms with Crippen LogP contribution in [0.3, 0.4) is 0 Å². The molecule has 1 saturated heterocycles. The molecule has 4 rings (SSSR count). The summed E-state index contributed by atoms with van der Waals surface area (Å²) in [6, 6.07) is 6.60. The number of hydrogen-bond donors (Lipinski definition) is 2. The first-order valence-corrected chi connectivity index (χ1v) is 11.8. The number of hydrogen-bond acceptors (Lipinski definition) is 6. The van der Waals surface area contributed by atoms with Crippen molar-refractivity contribution in [3.8, 4) is 11.5 Å². The number of sulfonamides is 1. The summed E-state index contributed by atoms with van der Waals surface area (Å²) >= 11 is 0. The first-order valence-electron chi connectivity index (χ1n) is 10.3. The van der Waals surface area contributed by atoms with E-state index in [9.17, 15) is 18.0 Å². The van der Waals surface area contributed by atoms with Crippen molar-refractivity contribution < 1.29 is 27.5 Å². The van der Waals surface area contributed by atoms with Gasteiger partial charge in [0.05, 0.1) is 6.04 Å². The molecule has 3 N–H and O–H groups in total. The standard InChI is InChI=1S/C21H26N4O6S/c1-13(15-3-4-18-19(9-15)31-12-30-18)23-21(27)14-5-7-25(8-6-14)32(28,29)16-10-17(20(22)26)24(2)11-16/h3-4,9-11,13-14H,5-8,12H2,1-2H3,(H2,22,26)(H,23,27). The zero-order chi connectivity index (χ0) is 23.0. The molecule has 0 spiro atoms. The van der Waals surface area contributed by atoms with Crippen molar-refractivity contribution in [2.75, 3.05) is 19.9 Å². The molecule has 2 aliphatic heterocycles. The topological polar surface area (TPSA) is 133 Å². The van der Waals surface area contributed by atoms with Gasteiger partial charge in [0.15, 0.2) is 11.5 Å². The molecule has 1 aromatic carbocycles. The van der Waals surface area contributed by atoms with Crippen molar-refractivity contribution in [1.82, 2.24) is 14.2 Å². The van der Waals surface area contributed by atoms with E-state index in [0.717, 1.165) is 5.56 Å². The van der Waals surface area contributed by atoms with Gasteiger partial charge in [-0.25, -0.2) is 8.42 Å². The molecular formula is C21H26N4O6S. The smallest absolute Gasteiger partial charge is 0.265 e. The fraction of sp³-hybridized carbons (Fsp3) is 0.429. The van der Waals surface area contributed by atoms with Crippen LogP contribution in [0.4, 0.5) is 0 Å². The Balaban J connectivity index is 1.36. The maximum absolute atomic E-state index is 12.9. The van der Waals surface area contributed by atoms with Crippen LogP contribution >= 0.6 is 0 Å². The summed E-state index contributed by atoms with van der Waals surface area (Å²) < 4.78 is 39.3. The van der Waals surface area contributed by atoms with Gasteiger partial charge in [0.25, 0.3) is 5.91 Å². The number of benzene rings is 1. The third-order valence-corrected chi connectivity index (χ3v) is 7.81. The maximum Gasteiger partial charge on any atom is 0.265 e. The number of ether oxygens (including phenoxy) is 2. The normalized spacial score (nSPS) is 17.8. The lowest BCUT2D eigenvalue weighted by molar-refractivity contribution is -0.126. The van der Waals surface area contributed by atoms with Crippen molar-refractivity contribution in [3.63, 3.8) is 0 Å². The van der Waals surface area contributed by atoms with Crippen LogP contribution in [-0.2, 0) is 21.9 Å². The molecule has 172 valence electrons. The number of aromatic nitrogens is 1. The number of piperidine rings is 1. The minimum absolute atomic E-state index is 0.0214. The van der Waals surface area contributed by atoms with Gasteiger partial charge in [-0.2, -0.15) is 4.31 Å². The molecule has 1 fully saturated rings. The summed E-state index contributed by atoms with van der Waals surface area (Å²) in [5, 5.41) is 3.01. The molecule has 10 nitrogen and oxygen atoms in total. The van der Waals surface area contributed by atoms with Crippen LogP contribution in [-0.4, -0.2) is 49.0 Å². The average Bonchev–Trinajstić information content (AvgIpc) is 3.40. The molecule has 1 atom stereocenters. The van der Waals surface area contributed by atoms with Crippen LogP contribution in [0.25, 0.3) is 0 Å². The number of nitrogens with zero attached hydrogens (tertiary/aromatic N) is 2. The van der Waals surface area contributed by atoms with Crippen LogP contribution in [0.15, 0.2) is 35.4 Å². The van der Waals surface area contributed by atoms with Gasteiger partial charge in [0.1, 0.15) is 10.6 Å². The van der Waals surface area contributed by atoms with Gasteiger partial charge < -0.3 is 25.1 Å². The molecule has 1 aromatic heterocycles. The zero-order valence-corrected chi connectivity index (χ0v) is 18.7. The van der Waals surface area contributed by atoms with Gasteiger partial charge in [-0.1, -0.05) is 6.07 Å². The highest BCUT2D eigenvalue weighted by atomic mass is 32.2. The summed E-state index contributed by atoms with van der Waals surface area (Å²) in [5.41, 5.74) is 6.30. The first-order chi connectivity index (χ1) is 15.2. The van der Waals surface area contributed by atoms with Gasteiger partial charge in [-0.05, 0) is 43.5 Å². The van der Waals surface area contributed by atoms with Gasteiger partial charge in [-0.3, -0.25) is 9.59 Å². The molecule has 2 amide bonds. The highest BCUT2D eigenvalue weighted by Gasteiger charge is 2.33. The van der Waals surface area contributed by atoms with Crippen molar-refractivity contribution in [1.29, 1.82) is 0 Å². The Morgan fingerprint density at radius 1 is 1.16 bits per heavy atom. The lowest BCUT2D eigenvalue weighted by Crippen LogP contribution is -2.43. The second-order valence-corrected chi connectivity index (χ2v) is 10.00. The summed E-state index contributed by atoms with van der Waals surface area (Å²) in [7, 11) is -2.20. The van der Waals surface area contributed by atoms with Crippen LogP contribution in [0, 0.1) is 5.92 Å². The molecule has 32 heavy (non-hydrogen) atoms. The molecule has 2 aliphatic rings. The van der Waals surface area contributed by atoms with E-state index in [1.165, 1.54) is 21.1 Å². The van der Waals surface area contributed by atoms with Crippen molar-refractivity contribution >= 4 is 21.8 Å². The van der Waals surface area contributed by atoms with Crippen molar-refractivity contribution in [2.24, 2.45) is 18.7 Å². The Labute approximate surface area is 186 Å². The lowest BCUT2D eigenvalue weighted by atomic mass is 9.96. The van der Waals surface area contributed by atoms with Crippen LogP contribution in [0.2, 0.25) is 0 Å². The molecule has 3 heterocycles. The van der Waals surface area contributed by atoms with E-state index in [4.69, 9.17) is 15.2 Å². The number of carbonyl (C=O) groups is 2. The predicted molar refractivity (Wildman–Crippen MR) is 115 cm³/mol. The minimum Gasteiger partial charge on any atom is -0.454 e. The molecule has 11 heteroatoms. The SMILES string of the molecule is CC(NC(=O)C1CCN(S(=O)(=O)c2cc(C(N)=O)n(C)c2)CC1)c1ccc2c(c1)OCO2. The largest absolute Gasteiger partial charge is 0.454 e. The number of carbonyl (C=O) groups excluding carboxylic acids is 2. The second-order valence-electron chi connectivity index (χ2n) is 8.06. The minimum atomic E-state index is -3.77. The molecule has 0 bridgehead atoms. The van der Waals surface area contributed by atoms with Crippen molar-refractivity contribution in [3.05, 3.63) is 41.7 Å². The fourth-order valence-electron chi connectivity index (χ4n) is 4.02. The number of amides is 2. The Kier molecular flexibility index (Phi) is 5.87. The third kappa shape index (κ3) is 4.17.